The molecule has 0 aromatic heterocycles. The summed E-state index contributed by atoms with van der Waals surface area (Å²) < 4.78 is 0.681. The van der Waals surface area contributed by atoms with Crippen LogP contribution in [0.2, 0.25) is 0 Å². The minimum atomic E-state index is -1.95. The molecule has 1 aliphatic rings. The van der Waals surface area contributed by atoms with E-state index in [1.54, 1.807) is 25.2 Å². The first-order chi connectivity index (χ1) is 7.94. The molecule has 1 heterocycles. The second-order valence-electron chi connectivity index (χ2n) is 3.85. The van der Waals surface area contributed by atoms with E-state index in [1.807, 2.05) is 0 Å². The molecule has 0 aliphatic carbocycles. The van der Waals surface area contributed by atoms with E-state index in [-0.39, 0.29) is 5.57 Å². The number of amides is 1. The number of aldehydes is 1. The second-order valence-corrected chi connectivity index (χ2v) is 4.71. The smallest absolute Gasteiger partial charge is 0.268 e. The Morgan fingerprint density at radius 1 is 1.59 bits per heavy atom. The van der Waals surface area contributed by atoms with Crippen LogP contribution in [0.25, 0.3) is 0 Å². The first-order valence-corrected chi connectivity index (χ1v) is 5.68. The van der Waals surface area contributed by atoms with Crippen LogP contribution < -0.4 is 4.90 Å². The highest BCUT2D eigenvalue weighted by Crippen LogP contribution is 2.46. The topological polar surface area (TPSA) is 57.6 Å². The van der Waals surface area contributed by atoms with Crippen molar-refractivity contribution >= 4 is 33.8 Å². The molecule has 17 heavy (non-hydrogen) atoms. The third-order valence-corrected chi connectivity index (χ3v) is 3.57. The molecule has 4 nitrogen and oxygen atoms in total. The van der Waals surface area contributed by atoms with Gasteiger partial charge in [-0.25, -0.2) is 0 Å². The fraction of sp³-hybridized carbons (Fsp3) is 0.167. The van der Waals surface area contributed by atoms with Crippen molar-refractivity contribution in [3.63, 3.8) is 0 Å². The number of carbonyl (C=O) groups is 2. The highest BCUT2D eigenvalue weighted by atomic mass is 79.9. The molecule has 0 fully saturated rings. The maximum absolute atomic E-state index is 12.1. The highest BCUT2D eigenvalue weighted by Gasteiger charge is 2.51. The van der Waals surface area contributed by atoms with E-state index in [9.17, 15) is 14.7 Å². The van der Waals surface area contributed by atoms with Crippen LogP contribution in [0.4, 0.5) is 5.69 Å². The first-order valence-electron chi connectivity index (χ1n) is 4.88. The number of carbonyl (C=O) groups excluding carboxylic acids is 2. The van der Waals surface area contributed by atoms with E-state index < -0.39 is 11.5 Å². The zero-order chi connectivity index (χ0) is 12.8. The summed E-state index contributed by atoms with van der Waals surface area (Å²) in [7, 11) is 1.54. The number of likely N-dealkylation sites (N-methyl/N-ethyl adjacent to an activating group) is 1. The lowest BCUT2D eigenvalue weighted by Crippen LogP contribution is -2.40. The van der Waals surface area contributed by atoms with Crippen molar-refractivity contribution in [1.82, 2.24) is 0 Å². The van der Waals surface area contributed by atoms with Gasteiger partial charge in [-0.2, -0.15) is 0 Å². The lowest BCUT2D eigenvalue weighted by Gasteiger charge is -2.20. The molecule has 0 bridgehead atoms. The van der Waals surface area contributed by atoms with Gasteiger partial charge >= 0.3 is 0 Å². The summed E-state index contributed by atoms with van der Waals surface area (Å²) in [6, 6.07) is 5.06. The summed E-state index contributed by atoms with van der Waals surface area (Å²) >= 11 is 3.31. The number of rotatable bonds is 2. The standard InChI is InChI=1S/C12H10BrNO3/c1-7(6-15)12(17)8-4-3-5-9(13)10(8)14(2)11(12)16/h3-6,17H,1H2,2H3/t12-/m0/s1. The van der Waals surface area contributed by atoms with E-state index in [1.165, 1.54) is 4.90 Å². The molecule has 0 spiro atoms. The molecule has 0 unspecified atom stereocenters. The molecule has 1 aliphatic heterocycles. The Hall–Kier alpha value is -1.46. The quantitative estimate of drug-likeness (QED) is 0.662. The van der Waals surface area contributed by atoms with E-state index in [4.69, 9.17) is 0 Å². The average molecular weight is 296 g/mol. The Kier molecular flexibility index (Phi) is 2.67. The number of anilines is 1. The third kappa shape index (κ3) is 1.39. The summed E-state index contributed by atoms with van der Waals surface area (Å²) in [5.74, 6) is -0.573. The highest BCUT2D eigenvalue weighted by molar-refractivity contribution is 9.10. The molecule has 1 aromatic carbocycles. The molecule has 0 saturated carbocycles. The van der Waals surface area contributed by atoms with Gasteiger partial charge in [-0.1, -0.05) is 18.7 Å². The van der Waals surface area contributed by atoms with Crippen molar-refractivity contribution in [1.29, 1.82) is 0 Å². The van der Waals surface area contributed by atoms with Crippen LogP contribution in [-0.2, 0) is 15.2 Å². The number of benzene rings is 1. The van der Waals surface area contributed by atoms with E-state index >= 15 is 0 Å². The van der Waals surface area contributed by atoms with Gasteiger partial charge < -0.3 is 10.0 Å². The summed E-state index contributed by atoms with van der Waals surface area (Å²) in [6.07, 6.45) is 0.405. The van der Waals surface area contributed by atoms with Gasteiger partial charge in [0.15, 0.2) is 5.60 Å². The van der Waals surface area contributed by atoms with Crippen LogP contribution in [0.5, 0.6) is 0 Å². The van der Waals surface area contributed by atoms with Crippen molar-refractivity contribution in [2.45, 2.75) is 5.60 Å². The number of fused-ring (bicyclic) bond motifs is 1. The van der Waals surface area contributed by atoms with Gasteiger partial charge in [-0.15, -0.1) is 0 Å². The van der Waals surface area contributed by atoms with Gasteiger partial charge in [0.25, 0.3) is 5.91 Å². The Balaban J connectivity index is 2.76. The summed E-state index contributed by atoms with van der Waals surface area (Å²) in [5, 5.41) is 10.4. The molecular formula is C12H10BrNO3. The average Bonchev–Trinajstić information content (AvgIpc) is 2.53. The minimum absolute atomic E-state index is 0.161. The summed E-state index contributed by atoms with van der Waals surface area (Å²) in [4.78, 5) is 24.2. The minimum Gasteiger partial charge on any atom is -0.372 e. The van der Waals surface area contributed by atoms with Gasteiger partial charge in [0.2, 0.25) is 0 Å². The molecule has 1 aromatic rings. The fourth-order valence-electron chi connectivity index (χ4n) is 2.00. The van der Waals surface area contributed by atoms with E-state index in [2.05, 4.69) is 22.5 Å². The predicted octanol–water partition coefficient (Wildman–Crippen LogP) is 1.37. The van der Waals surface area contributed by atoms with Crippen LogP contribution in [-0.4, -0.2) is 24.3 Å². The largest absolute Gasteiger partial charge is 0.372 e. The number of para-hydroxylation sites is 1. The van der Waals surface area contributed by atoms with Crippen molar-refractivity contribution in [3.8, 4) is 0 Å². The Labute approximate surface area is 107 Å². The number of halogens is 1. The zero-order valence-electron chi connectivity index (χ0n) is 9.11. The maximum atomic E-state index is 12.1. The Morgan fingerprint density at radius 2 is 2.24 bits per heavy atom. The molecule has 5 heteroatoms. The van der Waals surface area contributed by atoms with Crippen LogP contribution in [0.1, 0.15) is 5.56 Å². The Morgan fingerprint density at radius 3 is 2.82 bits per heavy atom. The number of nitrogens with zero attached hydrogens (tertiary/aromatic N) is 1. The molecular weight excluding hydrogens is 286 g/mol. The molecule has 1 atom stereocenters. The van der Waals surface area contributed by atoms with Crippen molar-refractivity contribution in [2.24, 2.45) is 0 Å². The SMILES string of the molecule is C=C(C=O)[C@@]1(O)C(=O)N(C)c2c(Br)cccc21. The predicted molar refractivity (Wildman–Crippen MR) is 66.7 cm³/mol. The molecule has 1 amide bonds. The Bertz CT molecular complexity index is 541. The normalized spacial score (nSPS) is 22.5. The summed E-state index contributed by atoms with van der Waals surface area (Å²) in [6.45, 7) is 3.46. The van der Waals surface area contributed by atoms with Gasteiger partial charge in [-0.05, 0) is 22.0 Å². The van der Waals surface area contributed by atoms with Crippen LogP contribution in [0.15, 0.2) is 34.8 Å². The van der Waals surface area contributed by atoms with Gasteiger partial charge in [0.05, 0.1) is 5.69 Å². The summed E-state index contributed by atoms with van der Waals surface area (Å²) in [5.41, 5.74) is -1.18. The molecule has 88 valence electrons. The fourth-order valence-corrected chi connectivity index (χ4v) is 2.64. The lowest BCUT2D eigenvalue weighted by atomic mass is 9.89. The van der Waals surface area contributed by atoms with Crippen molar-refractivity contribution < 1.29 is 14.7 Å². The van der Waals surface area contributed by atoms with Crippen LogP contribution in [0.3, 0.4) is 0 Å². The monoisotopic (exact) mass is 295 g/mol. The van der Waals surface area contributed by atoms with E-state index in [0.717, 1.165) is 0 Å². The number of hydrogen-bond donors (Lipinski definition) is 1. The molecule has 0 saturated heterocycles. The molecule has 1 N–H and O–H groups in total. The van der Waals surface area contributed by atoms with E-state index in [0.29, 0.717) is 22.0 Å². The van der Waals surface area contributed by atoms with Crippen LogP contribution >= 0.6 is 15.9 Å². The second kappa shape index (κ2) is 3.78. The van der Waals surface area contributed by atoms with Gasteiger partial charge in [0.1, 0.15) is 6.29 Å². The maximum Gasteiger partial charge on any atom is 0.268 e. The van der Waals surface area contributed by atoms with Crippen molar-refractivity contribution in [2.75, 3.05) is 11.9 Å². The van der Waals surface area contributed by atoms with Gasteiger partial charge in [0, 0.05) is 22.7 Å². The zero-order valence-corrected chi connectivity index (χ0v) is 10.7. The number of aliphatic hydroxyl groups is 1. The first kappa shape index (κ1) is 12.0. The van der Waals surface area contributed by atoms with Gasteiger partial charge in [-0.3, -0.25) is 9.59 Å². The van der Waals surface area contributed by atoms with Crippen molar-refractivity contribution in [3.05, 3.63) is 40.4 Å². The number of hydrogen-bond acceptors (Lipinski definition) is 3. The van der Waals surface area contributed by atoms with Crippen LogP contribution in [0, 0.1) is 0 Å². The third-order valence-electron chi connectivity index (χ3n) is 2.93. The molecule has 0 radical (unpaired) electrons. The molecule has 2 rings (SSSR count). The lowest BCUT2D eigenvalue weighted by molar-refractivity contribution is -0.133.